The molecule has 47 heavy (non-hydrogen) atoms. The van der Waals surface area contributed by atoms with Crippen LogP contribution < -0.4 is 25.6 Å². The molecule has 1 saturated heterocycles. The minimum absolute atomic E-state index is 0.0525. The van der Waals surface area contributed by atoms with E-state index in [1.807, 2.05) is 31.4 Å². The molecule has 6 rings (SSSR count). The molecule has 0 atom stereocenters. The van der Waals surface area contributed by atoms with Gasteiger partial charge in [0, 0.05) is 62.1 Å². The van der Waals surface area contributed by atoms with Gasteiger partial charge in [-0.1, -0.05) is 0 Å². The summed E-state index contributed by atoms with van der Waals surface area (Å²) in [6.45, 7) is 4.80. The van der Waals surface area contributed by atoms with Gasteiger partial charge in [-0.3, -0.25) is 14.6 Å². The molecule has 0 aliphatic carbocycles. The monoisotopic (exact) mass is 722 g/mol. The zero-order chi connectivity index (χ0) is 33.5. The van der Waals surface area contributed by atoms with Crippen molar-refractivity contribution in [1.29, 1.82) is 0 Å². The first-order chi connectivity index (χ1) is 22.4. The van der Waals surface area contributed by atoms with Crippen LogP contribution >= 0.6 is 23.1 Å². The normalized spacial score (nSPS) is 14.2. The van der Waals surface area contributed by atoms with Crippen molar-refractivity contribution in [3.8, 4) is 16.9 Å². The Hall–Kier alpha value is -4.13. The SMILES string of the molecule is COc1c(Nc2ncc(Br)c(Nc3ccc4nccnc4c3P(C)(C)=O)n2)cc(-c2cnn(C)c2)c(N2CCC(N(C)C)CC2)c1F. The third kappa shape index (κ3) is 6.67. The second-order valence-electron chi connectivity index (χ2n) is 12.1. The van der Waals surface area contributed by atoms with E-state index in [0.717, 1.165) is 18.4 Å². The van der Waals surface area contributed by atoms with E-state index >= 15 is 4.39 Å². The van der Waals surface area contributed by atoms with Crippen LogP contribution in [0.25, 0.3) is 22.2 Å². The van der Waals surface area contributed by atoms with E-state index in [1.165, 1.54) is 7.11 Å². The number of aryl methyl sites for hydroxylation is 1. The van der Waals surface area contributed by atoms with Crippen LogP contribution in [0.4, 0.5) is 33.2 Å². The highest BCUT2D eigenvalue weighted by molar-refractivity contribution is 9.10. The van der Waals surface area contributed by atoms with Crippen molar-refractivity contribution < 1.29 is 13.7 Å². The van der Waals surface area contributed by atoms with Crippen LogP contribution in [0.15, 0.2) is 53.7 Å². The highest BCUT2D eigenvalue weighted by Gasteiger charge is 2.29. The topological polar surface area (TPSA) is 126 Å². The molecule has 0 saturated carbocycles. The molecule has 0 unspecified atom stereocenters. The number of rotatable bonds is 9. The molecule has 1 fully saturated rings. The zero-order valence-corrected chi connectivity index (χ0v) is 29.6. The summed E-state index contributed by atoms with van der Waals surface area (Å²) in [5.41, 5.74) is 4.08. The van der Waals surface area contributed by atoms with E-state index in [2.05, 4.69) is 70.5 Å². The van der Waals surface area contributed by atoms with Crippen LogP contribution in [0, 0.1) is 5.82 Å². The number of hydrogen-bond acceptors (Lipinski definition) is 11. The van der Waals surface area contributed by atoms with E-state index < -0.39 is 13.0 Å². The molecule has 2 aromatic carbocycles. The van der Waals surface area contributed by atoms with Gasteiger partial charge >= 0.3 is 0 Å². The Labute approximate surface area is 281 Å². The van der Waals surface area contributed by atoms with Gasteiger partial charge in [0.05, 0.1) is 45.7 Å². The van der Waals surface area contributed by atoms with Gasteiger partial charge in [0.15, 0.2) is 11.6 Å². The molecule has 3 aromatic heterocycles. The lowest BCUT2D eigenvalue weighted by molar-refractivity contribution is 0.249. The number of halogens is 2. The van der Waals surface area contributed by atoms with E-state index in [4.69, 9.17) is 9.72 Å². The van der Waals surface area contributed by atoms with Gasteiger partial charge in [0.2, 0.25) is 5.95 Å². The summed E-state index contributed by atoms with van der Waals surface area (Å²) in [5, 5.41) is 11.4. The number of nitrogens with one attached hydrogen (secondary N) is 2. The molecule has 4 heterocycles. The van der Waals surface area contributed by atoms with Gasteiger partial charge in [0.1, 0.15) is 18.5 Å². The quantitative estimate of drug-likeness (QED) is 0.174. The molecule has 1 aliphatic heterocycles. The Morgan fingerprint density at radius 3 is 2.47 bits per heavy atom. The van der Waals surface area contributed by atoms with Crippen LogP contribution in [0.1, 0.15) is 12.8 Å². The Morgan fingerprint density at radius 1 is 1.06 bits per heavy atom. The van der Waals surface area contributed by atoms with Gasteiger partial charge in [-0.15, -0.1) is 0 Å². The predicted octanol–water partition coefficient (Wildman–Crippen LogP) is 6.00. The maximum Gasteiger partial charge on any atom is 0.229 e. The summed E-state index contributed by atoms with van der Waals surface area (Å²) in [6, 6.07) is 5.93. The number of piperidine rings is 1. The summed E-state index contributed by atoms with van der Waals surface area (Å²) in [6.07, 6.45) is 10.2. The van der Waals surface area contributed by atoms with Crippen molar-refractivity contribution in [3.05, 3.63) is 59.5 Å². The first kappa shape index (κ1) is 32.8. The average Bonchev–Trinajstić information content (AvgIpc) is 3.48. The number of hydrogen-bond donors (Lipinski definition) is 2. The Morgan fingerprint density at radius 2 is 1.81 bits per heavy atom. The number of fused-ring (bicyclic) bond motifs is 1. The van der Waals surface area contributed by atoms with Crippen molar-refractivity contribution in [2.45, 2.75) is 18.9 Å². The molecule has 12 nitrogen and oxygen atoms in total. The number of nitrogens with zero attached hydrogens (tertiary/aromatic N) is 8. The lowest BCUT2D eigenvalue weighted by Crippen LogP contribution is -2.42. The largest absolute Gasteiger partial charge is 0.492 e. The minimum atomic E-state index is -2.81. The standard InChI is InChI=1S/C32H37BrFN10O2P/c1-42(2)20-9-13-44(14-10-20)28-21(19-16-38-43(3)18-19)15-25(29(46-4)26(28)34)40-32-37-17-22(33)31(41-32)39-24-8-7-23-27(36-12-11-35-23)30(24)47(5,6)45/h7-8,11-12,15-18,20H,9-10,13-14H2,1-6H3,(H2,37,39,40,41). The van der Waals surface area contributed by atoms with Crippen molar-refractivity contribution in [2.75, 3.05) is 63.2 Å². The molecule has 0 radical (unpaired) electrons. The minimum Gasteiger partial charge on any atom is -0.492 e. The summed E-state index contributed by atoms with van der Waals surface area (Å²) in [7, 11) is 4.64. The summed E-state index contributed by atoms with van der Waals surface area (Å²) < 4.78 is 38.0. The molecule has 0 amide bonds. The smallest absolute Gasteiger partial charge is 0.229 e. The van der Waals surface area contributed by atoms with E-state index in [-0.39, 0.29) is 11.7 Å². The molecule has 5 aromatic rings. The van der Waals surface area contributed by atoms with Gasteiger partial charge < -0.3 is 29.7 Å². The fourth-order valence-corrected chi connectivity index (χ4v) is 7.72. The van der Waals surface area contributed by atoms with E-state index in [0.29, 0.717) is 68.4 Å². The highest BCUT2D eigenvalue weighted by Crippen LogP contribution is 2.45. The van der Waals surface area contributed by atoms with Gasteiger partial charge in [-0.05, 0) is 74.4 Å². The second-order valence-corrected chi connectivity index (χ2v) is 16.1. The molecule has 0 spiro atoms. The van der Waals surface area contributed by atoms with Crippen molar-refractivity contribution in [3.63, 3.8) is 0 Å². The Balaban J connectivity index is 1.39. The van der Waals surface area contributed by atoms with Gasteiger partial charge in [-0.2, -0.15) is 10.1 Å². The lowest BCUT2D eigenvalue weighted by Gasteiger charge is -2.37. The predicted molar refractivity (Wildman–Crippen MR) is 189 cm³/mol. The first-order valence-corrected chi connectivity index (χ1v) is 18.5. The van der Waals surface area contributed by atoms with Crippen LogP contribution in [0.3, 0.4) is 0 Å². The second kappa shape index (κ2) is 13.2. The highest BCUT2D eigenvalue weighted by atomic mass is 79.9. The van der Waals surface area contributed by atoms with Crippen molar-refractivity contribution in [1.82, 2.24) is 34.6 Å². The summed E-state index contributed by atoms with van der Waals surface area (Å²) in [4.78, 5) is 22.3. The Bertz CT molecular complexity index is 1990. The molecule has 1 aliphatic rings. The lowest BCUT2D eigenvalue weighted by atomic mass is 9.99. The molecule has 246 valence electrons. The third-order valence-electron chi connectivity index (χ3n) is 8.32. The molecule has 2 N–H and O–H groups in total. The van der Waals surface area contributed by atoms with Crippen LogP contribution in [-0.2, 0) is 11.6 Å². The average molecular weight is 724 g/mol. The maximum atomic E-state index is 16.6. The number of methoxy groups -OCH3 is 1. The molecular weight excluding hydrogens is 686 g/mol. The number of ether oxygens (including phenoxy) is 1. The van der Waals surface area contributed by atoms with E-state index in [9.17, 15) is 4.57 Å². The van der Waals surface area contributed by atoms with Crippen LogP contribution in [0.5, 0.6) is 5.75 Å². The van der Waals surface area contributed by atoms with Gasteiger partial charge in [-0.25, -0.2) is 9.37 Å². The number of benzene rings is 2. The van der Waals surface area contributed by atoms with Crippen molar-refractivity contribution in [2.24, 2.45) is 7.05 Å². The molecule has 0 bridgehead atoms. The van der Waals surface area contributed by atoms with E-state index in [1.54, 1.807) is 42.8 Å². The van der Waals surface area contributed by atoms with Crippen LogP contribution in [-0.4, -0.2) is 88.3 Å². The first-order valence-electron chi connectivity index (χ1n) is 15.1. The molecule has 15 heteroatoms. The summed E-state index contributed by atoms with van der Waals surface area (Å²) in [5.74, 6) is 0.187. The summed E-state index contributed by atoms with van der Waals surface area (Å²) >= 11 is 3.53. The van der Waals surface area contributed by atoms with Gasteiger partial charge in [0.25, 0.3) is 0 Å². The fourth-order valence-electron chi connectivity index (χ4n) is 6.04. The third-order valence-corrected chi connectivity index (χ3v) is 10.4. The zero-order valence-electron chi connectivity index (χ0n) is 27.1. The number of aromatic nitrogens is 6. The van der Waals surface area contributed by atoms with Crippen molar-refractivity contribution >= 4 is 68.2 Å². The van der Waals surface area contributed by atoms with Crippen LogP contribution in [0.2, 0.25) is 0 Å². The Kier molecular flexibility index (Phi) is 9.19. The fraction of sp³-hybridized carbons (Fsp3) is 0.344. The number of anilines is 5. The maximum absolute atomic E-state index is 16.6. The molecular formula is C32H37BrFN10O2P.